The second-order valence-electron chi connectivity index (χ2n) is 4.92. The average molecular weight is 323 g/mol. The predicted octanol–water partition coefficient (Wildman–Crippen LogP) is 5.61. The van der Waals surface area contributed by atoms with Crippen molar-refractivity contribution >= 4 is 38.2 Å². The summed E-state index contributed by atoms with van der Waals surface area (Å²) in [7, 11) is 0. The molecule has 23 heavy (non-hydrogen) atoms. The first-order valence-electron chi connectivity index (χ1n) is 7.50. The lowest BCUT2D eigenvalue weighted by Crippen LogP contribution is -1.98. The topological polar surface area (TPSA) is 62.0 Å². The SMILES string of the molecule is CCCC(/N=N/c1nc2ccccc2s1)=N\Nc1ccccc1. The third-order valence-electron chi connectivity index (χ3n) is 3.10. The minimum Gasteiger partial charge on any atom is -0.277 e. The van der Waals surface area contributed by atoms with Gasteiger partial charge in [0.05, 0.1) is 15.9 Å². The summed E-state index contributed by atoms with van der Waals surface area (Å²) < 4.78 is 1.11. The van der Waals surface area contributed by atoms with E-state index in [2.05, 4.69) is 32.7 Å². The van der Waals surface area contributed by atoms with Crippen LogP contribution in [0.15, 0.2) is 69.9 Å². The van der Waals surface area contributed by atoms with E-state index in [1.165, 1.54) is 11.3 Å². The molecule has 3 rings (SSSR count). The van der Waals surface area contributed by atoms with E-state index in [-0.39, 0.29) is 0 Å². The Morgan fingerprint density at radius 3 is 2.65 bits per heavy atom. The molecule has 1 N–H and O–H groups in total. The number of nitrogens with zero attached hydrogens (tertiary/aromatic N) is 4. The maximum atomic E-state index is 4.45. The second-order valence-corrected chi connectivity index (χ2v) is 5.93. The van der Waals surface area contributed by atoms with E-state index in [0.29, 0.717) is 11.0 Å². The Bertz CT molecular complexity index is 790. The summed E-state index contributed by atoms with van der Waals surface area (Å²) in [6, 6.07) is 17.8. The number of rotatable bonds is 5. The number of hydrazone groups is 1. The van der Waals surface area contributed by atoms with Crippen molar-refractivity contribution in [3.63, 3.8) is 0 Å². The smallest absolute Gasteiger partial charge is 0.231 e. The van der Waals surface area contributed by atoms with E-state index in [0.717, 1.165) is 28.7 Å². The summed E-state index contributed by atoms with van der Waals surface area (Å²) in [4.78, 5) is 4.45. The molecule has 116 valence electrons. The van der Waals surface area contributed by atoms with Gasteiger partial charge < -0.3 is 0 Å². The van der Waals surface area contributed by atoms with Crippen molar-refractivity contribution in [3.8, 4) is 0 Å². The van der Waals surface area contributed by atoms with Gasteiger partial charge in [0, 0.05) is 6.42 Å². The molecular weight excluding hydrogens is 306 g/mol. The van der Waals surface area contributed by atoms with Gasteiger partial charge in [0.1, 0.15) is 0 Å². The highest BCUT2D eigenvalue weighted by Crippen LogP contribution is 2.27. The quantitative estimate of drug-likeness (QED) is 0.287. The van der Waals surface area contributed by atoms with Crippen LogP contribution in [-0.2, 0) is 0 Å². The molecule has 0 radical (unpaired) electrons. The van der Waals surface area contributed by atoms with Gasteiger partial charge in [-0.25, -0.2) is 4.98 Å². The molecule has 0 fully saturated rings. The number of hydrogen-bond acceptors (Lipinski definition) is 5. The standard InChI is InChI=1S/C17H17N5S/c1-2-8-16(20-19-13-9-4-3-5-10-13)21-22-17-18-14-11-6-7-12-15(14)23-17/h3-7,9-12,19H,2,8H2,1H3/b20-16+,22-21+. The molecular formula is C17H17N5S. The molecule has 0 aliphatic carbocycles. The maximum Gasteiger partial charge on any atom is 0.231 e. The minimum absolute atomic E-state index is 0.648. The predicted molar refractivity (Wildman–Crippen MR) is 96.5 cm³/mol. The fourth-order valence-electron chi connectivity index (χ4n) is 2.00. The van der Waals surface area contributed by atoms with Crippen molar-refractivity contribution in [1.29, 1.82) is 0 Å². The molecule has 6 heteroatoms. The van der Waals surface area contributed by atoms with Gasteiger partial charge in [-0.05, 0) is 30.7 Å². The van der Waals surface area contributed by atoms with Crippen LogP contribution in [0.5, 0.6) is 0 Å². The Hall–Kier alpha value is -2.60. The van der Waals surface area contributed by atoms with Gasteiger partial charge in [-0.15, -0.1) is 10.2 Å². The molecule has 0 saturated heterocycles. The number of amidine groups is 1. The summed E-state index contributed by atoms with van der Waals surface area (Å²) in [5, 5.41) is 13.5. The third kappa shape index (κ3) is 4.20. The molecule has 0 unspecified atom stereocenters. The van der Waals surface area contributed by atoms with Crippen LogP contribution in [0.25, 0.3) is 10.2 Å². The third-order valence-corrected chi connectivity index (χ3v) is 4.02. The lowest BCUT2D eigenvalue weighted by Gasteiger charge is -2.01. The lowest BCUT2D eigenvalue weighted by atomic mass is 10.3. The summed E-state index contributed by atoms with van der Waals surface area (Å²) in [6.07, 6.45) is 1.71. The molecule has 5 nitrogen and oxygen atoms in total. The minimum atomic E-state index is 0.648. The molecule has 2 aromatic carbocycles. The fourth-order valence-corrected chi connectivity index (χ4v) is 2.78. The summed E-state index contributed by atoms with van der Waals surface area (Å²) in [5.74, 6) is 0.663. The van der Waals surface area contributed by atoms with Crippen molar-refractivity contribution in [2.45, 2.75) is 19.8 Å². The van der Waals surface area contributed by atoms with Crippen molar-refractivity contribution in [2.24, 2.45) is 15.3 Å². The van der Waals surface area contributed by atoms with Crippen molar-refractivity contribution in [3.05, 3.63) is 54.6 Å². The fraction of sp³-hybridized carbons (Fsp3) is 0.176. The first-order chi connectivity index (χ1) is 11.3. The molecule has 0 aliphatic heterocycles. The maximum absolute atomic E-state index is 4.45. The van der Waals surface area contributed by atoms with E-state index < -0.39 is 0 Å². The number of aromatic nitrogens is 1. The number of nitrogens with one attached hydrogen (secondary N) is 1. The van der Waals surface area contributed by atoms with E-state index >= 15 is 0 Å². The molecule has 3 aromatic rings. The van der Waals surface area contributed by atoms with Crippen LogP contribution >= 0.6 is 11.3 Å². The zero-order chi connectivity index (χ0) is 15.9. The molecule has 0 atom stereocenters. The Balaban J connectivity index is 1.75. The van der Waals surface area contributed by atoms with Gasteiger partial charge in [0.2, 0.25) is 5.13 Å². The average Bonchev–Trinajstić information content (AvgIpc) is 3.01. The molecule has 0 aliphatic rings. The van der Waals surface area contributed by atoms with Crippen LogP contribution in [0.2, 0.25) is 0 Å². The van der Waals surface area contributed by atoms with Crippen LogP contribution in [0, 0.1) is 0 Å². The van der Waals surface area contributed by atoms with Crippen molar-refractivity contribution < 1.29 is 0 Å². The number of azo groups is 1. The van der Waals surface area contributed by atoms with Crippen molar-refractivity contribution in [2.75, 3.05) is 5.43 Å². The van der Waals surface area contributed by atoms with E-state index in [4.69, 9.17) is 0 Å². The van der Waals surface area contributed by atoms with Crippen molar-refractivity contribution in [1.82, 2.24) is 4.98 Å². The van der Waals surface area contributed by atoms with Crippen LogP contribution in [0.4, 0.5) is 10.8 Å². The first kappa shape index (κ1) is 15.3. The number of anilines is 1. The Morgan fingerprint density at radius 1 is 1.09 bits per heavy atom. The highest BCUT2D eigenvalue weighted by Gasteiger charge is 2.02. The molecule has 0 saturated carbocycles. The lowest BCUT2D eigenvalue weighted by molar-refractivity contribution is 0.966. The van der Waals surface area contributed by atoms with Crippen LogP contribution in [0.1, 0.15) is 19.8 Å². The number of fused-ring (bicyclic) bond motifs is 1. The number of para-hydroxylation sites is 2. The van der Waals surface area contributed by atoms with E-state index in [1.54, 1.807) is 0 Å². The number of hydrogen-bond donors (Lipinski definition) is 1. The summed E-state index contributed by atoms with van der Waals surface area (Å²) in [6.45, 7) is 2.09. The number of benzene rings is 2. The monoisotopic (exact) mass is 323 g/mol. The number of thiazole rings is 1. The molecule has 0 spiro atoms. The van der Waals surface area contributed by atoms with Gasteiger partial charge in [0.15, 0.2) is 5.84 Å². The second kappa shape index (κ2) is 7.60. The summed E-state index contributed by atoms with van der Waals surface area (Å²) in [5.41, 5.74) is 4.88. The van der Waals surface area contributed by atoms with Gasteiger partial charge in [0.25, 0.3) is 0 Å². The normalized spacial score (nSPS) is 12.1. The van der Waals surface area contributed by atoms with Crippen LogP contribution in [-0.4, -0.2) is 10.8 Å². The van der Waals surface area contributed by atoms with Crippen LogP contribution < -0.4 is 5.43 Å². The molecule has 1 aromatic heterocycles. The zero-order valence-corrected chi connectivity index (χ0v) is 13.6. The highest BCUT2D eigenvalue weighted by molar-refractivity contribution is 7.21. The molecule has 0 amide bonds. The van der Waals surface area contributed by atoms with Gasteiger partial charge in [-0.1, -0.05) is 48.6 Å². The first-order valence-corrected chi connectivity index (χ1v) is 8.32. The van der Waals surface area contributed by atoms with E-state index in [9.17, 15) is 0 Å². The Labute approximate surface area is 138 Å². The highest BCUT2D eigenvalue weighted by atomic mass is 32.1. The Kier molecular flexibility index (Phi) is 5.06. The van der Waals surface area contributed by atoms with Gasteiger partial charge in [-0.3, -0.25) is 5.43 Å². The largest absolute Gasteiger partial charge is 0.277 e. The molecule has 1 heterocycles. The van der Waals surface area contributed by atoms with Gasteiger partial charge >= 0.3 is 0 Å². The van der Waals surface area contributed by atoms with E-state index in [1.807, 2.05) is 54.6 Å². The Morgan fingerprint density at radius 2 is 1.87 bits per heavy atom. The molecule has 0 bridgehead atoms. The zero-order valence-electron chi connectivity index (χ0n) is 12.8. The van der Waals surface area contributed by atoms with Crippen LogP contribution in [0.3, 0.4) is 0 Å². The van der Waals surface area contributed by atoms with Gasteiger partial charge in [-0.2, -0.15) is 5.10 Å². The summed E-state index contributed by atoms with van der Waals surface area (Å²) >= 11 is 1.52.